The van der Waals surface area contributed by atoms with Gasteiger partial charge in [0.2, 0.25) is 0 Å². The molecular weight excluding hydrogens is 226 g/mol. The zero-order valence-corrected chi connectivity index (χ0v) is 8.02. The summed E-state index contributed by atoms with van der Waals surface area (Å²) in [6.07, 6.45) is -4.93. The second kappa shape index (κ2) is 3.93. The number of nitrogens with zero attached hydrogens (tertiary/aromatic N) is 1. The Morgan fingerprint density at radius 3 is 2.31 bits per heavy atom. The van der Waals surface area contributed by atoms with Crippen molar-refractivity contribution in [1.82, 2.24) is 0 Å². The van der Waals surface area contributed by atoms with E-state index >= 15 is 0 Å². The Morgan fingerprint density at radius 1 is 1.38 bits per heavy atom. The number of ketones is 1. The summed E-state index contributed by atoms with van der Waals surface area (Å²) in [5.41, 5.74) is -2.73. The Bertz CT molecular complexity index is 485. The van der Waals surface area contributed by atoms with Crippen molar-refractivity contribution in [2.75, 3.05) is 0 Å². The Morgan fingerprint density at radius 2 is 1.94 bits per heavy atom. The molecule has 0 unspecified atom stereocenters. The quantitative estimate of drug-likeness (QED) is 0.550. The lowest BCUT2D eigenvalue weighted by molar-refractivity contribution is -0.140. The van der Waals surface area contributed by atoms with E-state index in [0.29, 0.717) is 6.07 Å². The van der Waals surface area contributed by atoms with Gasteiger partial charge >= 0.3 is 6.18 Å². The Kier molecular flexibility index (Phi) is 2.99. The van der Waals surface area contributed by atoms with Gasteiger partial charge in [-0.25, -0.2) is 4.39 Å². The van der Waals surface area contributed by atoms with Gasteiger partial charge in [0.25, 0.3) is 0 Å². The number of carbonyl (C=O) groups is 1. The number of nitriles is 1. The molecule has 0 aliphatic heterocycles. The van der Waals surface area contributed by atoms with Gasteiger partial charge in [0.15, 0.2) is 11.6 Å². The van der Waals surface area contributed by atoms with Crippen molar-refractivity contribution in [2.24, 2.45) is 0 Å². The smallest absolute Gasteiger partial charge is 0.295 e. The van der Waals surface area contributed by atoms with E-state index in [1.54, 1.807) is 0 Å². The first-order chi connectivity index (χ1) is 7.27. The van der Waals surface area contributed by atoms with Crippen LogP contribution in [0.4, 0.5) is 17.6 Å². The number of alkyl halides is 3. The Labute approximate surface area is 88.1 Å². The van der Waals surface area contributed by atoms with Gasteiger partial charge in [-0.15, -0.1) is 0 Å². The first-order valence-electron chi connectivity index (χ1n) is 4.09. The summed E-state index contributed by atoms with van der Waals surface area (Å²) in [6.45, 7) is 1.04. The first-order valence-corrected chi connectivity index (χ1v) is 4.09. The molecule has 0 spiro atoms. The zero-order chi connectivity index (χ0) is 12.5. The molecule has 0 heterocycles. The van der Waals surface area contributed by atoms with Gasteiger partial charge < -0.3 is 0 Å². The number of rotatable bonds is 1. The summed E-state index contributed by atoms with van der Waals surface area (Å²) in [5, 5.41) is 8.45. The number of Topliss-reactive ketones (excluding diaryl/α,β-unsaturated/α-hetero) is 1. The minimum Gasteiger partial charge on any atom is -0.295 e. The maximum atomic E-state index is 13.2. The highest BCUT2D eigenvalue weighted by Gasteiger charge is 2.36. The van der Waals surface area contributed by atoms with Crippen LogP contribution in [0.1, 0.15) is 28.4 Å². The molecule has 0 amide bonds. The predicted octanol–water partition coefficient (Wildman–Crippen LogP) is 2.92. The topological polar surface area (TPSA) is 40.9 Å². The van der Waals surface area contributed by atoms with Crippen LogP contribution in [0.2, 0.25) is 0 Å². The van der Waals surface area contributed by atoms with Crippen molar-refractivity contribution in [1.29, 1.82) is 5.26 Å². The molecule has 0 N–H and O–H groups in total. The second-order valence-electron chi connectivity index (χ2n) is 3.05. The minimum atomic E-state index is -4.93. The van der Waals surface area contributed by atoms with E-state index in [9.17, 15) is 22.4 Å². The van der Waals surface area contributed by atoms with Crippen molar-refractivity contribution in [3.63, 3.8) is 0 Å². The van der Waals surface area contributed by atoms with Gasteiger partial charge in [0.1, 0.15) is 6.07 Å². The van der Waals surface area contributed by atoms with Crippen LogP contribution >= 0.6 is 0 Å². The maximum Gasteiger partial charge on any atom is 0.419 e. The Balaban J connectivity index is 3.56. The van der Waals surface area contributed by atoms with Gasteiger partial charge in [-0.3, -0.25) is 4.79 Å². The van der Waals surface area contributed by atoms with Gasteiger partial charge in [-0.05, 0) is 19.1 Å². The van der Waals surface area contributed by atoms with Crippen LogP contribution in [0, 0.1) is 17.1 Å². The van der Waals surface area contributed by atoms with Crippen LogP contribution in [0.15, 0.2) is 12.1 Å². The van der Waals surface area contributed by atoms with Crippen molar-refractivity contribution in [3.05, 3.63) is 34.6 Å². The van der Waals surface area contributed by atoms with E-state index in [1.165, 1.54) is 6.07 Å². The maximum absolute atomic E-state index is 13.2. The number of benzene rings is 1. The number of hydrogen-bond donors (Lipinski definition) is 0. The lowest BCUT2D eigenvalue weighted by Crippen LogP contribution is -2.11. The molecule has 1 aromatic rings. The van der Waals surface area contributed by atoms with E-state index in [0.717, 1.165) is 13.0 Å². The first kappa shape index (κ1) is 12.2. The summed E-state index contributed by atoms with van der Waals surface area (Å²) in [7, 11) is 0. The highest BCUT2D eigenvalue weighted by Crippen LogP contribution is 2.33. The number of halogens is 4. The minimum absolute atomic E-state index is 0.342. The van der Waals surface area contributed by atoms with Crippen molar-refractivity contribution in [2.45, 2.75) is 13.1 Å². The SMILES string of the molecule is CC(=O)c1cc(C#N)c(F)c(C(F)(F)F)c1. The Hall–Kier alpha value is -1.90. The third kappa shape index (κ3) is 2.19. The van der Waals surface area contributed by atoms with Crippen LogP contribution in [-0.4, -0.2) is 5.78 Å². The van der Waals surface area contributed by atoms with Gasteiger partial charge in [-0.2, -0.15) is 18.4 Å². The molecule has 0 bridgehead atoms. The second-order valence-corrected chi connectivity index (χ2v) is 3.05. The fourth-order valence-corrected chi connectivity index (χ4v) is 1.12. The normalized spacial score (nSPS) is 11.0. The molecule has 0 aliphatic rings. The standard InChI is InChI=1S/C10H5F4NO/c1-5(16)6-2-7(4-15)9(11)8(3-6)10(12,13)14/h2-3H,1H3. The van der Waals surface area contributed by atoms with Crippen LogP contribution in [0.25, 0.3) is 0 Å². The van der Waals surface area contributed by atoms with Crippen LogP contribution in [0.3, 0.4) is 0 Å². The summed E-state index contributed by atoms with van der Waals surface area (Å²) in [4.78, 5) is 10.9. The molecule has 0 radical (unpaired) electrons. The molecule has 0 aromatic heterocycles. The fraction of sp³-hybridized carbons (Fsp3) is 0.200. The molecule has 0 atom stereocenters. The molecule has 2 nitrogen and oxygen atoms in total. The summed E-state index contributed by atoms with van der Waals surface area (Å²) in [5.74, 6) is -2.32. The molecule has 0 fully saturated rings. The van der Waals surface area contributed by atoms with Crippen molar-refractivity contribution in [3.8, 4) is 6.07 Å². The average molecular weight is 231 g/mol. The average Bonchev–Trinajstić information content (AvgIpc) is 2.15. The molecule has 1 aromatic carbocycles. The summed E-state index contributed by atoms with van der Waals surface area (Å²) < 4.78 is 50.2. The zero-order valence-electron chi connectivity index (χ0n) is 8.02. The molecule has 6 heteroatoms. The molecule has 84 valence electrons. The van der Waals surface area contributed by atoms with E-state index in [4.69, 9.17) is 5.26 Å². The monoisotopic (exact) mass is 231 g/mol. The van der Waals surface area contributed by atoms with Gasteiger partial charge in [0, 0.05) is 5.56 Å². The van der Waals surface area contributed by atoms with E-state index in [1.807, 2.05) is 0 Å². The molecular formula is C10H5F4NO. The molecule has 1 rings (SSSR count). The fourth-order valence-electron chi connectivity index (χ4n) is 1.12. The van der Waals surface area contributed by atoms with Gasteiger partial charge in [-0.1, -0.05) is 0 Å². The van der Waals surface area contributed by atoms with Crippen LogP contribution < -0.4 is 0 Å². The summed E-state index contributed by atoms with van der Waals surface area (Å²) >= 11 is 0. The molecule has 0 saturated carbocycles. The van der Waals surface area contributed by atoms with E-state index < -0.39 is 28.9 Å². The van der Waals surface area contributed by atoms with Gasteiger partial charge in [0.05, 0.1) is 11.1 Å². The third-order valence-electron chi connectivity index (χ3n) is 1.90. The van der Waals surface area contributed by atoms with E-state index in [-0.39, 0.29) is 5.56 Å². The summed E-state index contributed by atoms with van der Waals surface area (Å²) in [6, 6.07) is 2.48. The largest absolute Gasteiger partial charge is 0.419 e. The third-order valence-corrected chi connectivity index (χ3v) is 1.90. The number of hydrogen-bond acceptors (Lipinski definition) is 2. The lowest BCUT2D eigenvalue weighted by atomic mass is 10.0. The predicted molar refractivity (Wildman–Crippen MR) is 46.1 cm³/mol. The van der Waals surface area contributed by atoms with Crippen LogP contribution in [0.5, 0.6) is 0 Å². The lowest BCUT2D eigenvalue weighted by Gasteiger charge is -2.10. The molecule has 0 saturated heterocycles. The molecule has 16 heavy (non-hydrogen) atoms. The van der Waals surface area contributed by atoms with E-state index in [2.05, 4.69) is 0 Å². The highest BCUT2D eigenvalue weighted by atomic mass is 19.4. The molecule has 0 aliphatic carbocycles. The number of carbonyl (C=O) groups excluding carboxylic acids is 1. The highest BCUT2D eigenvalue weighted by molar-refractivity contribution is 5.94. The van der Waals surface area contributed by atoms with Crippen molar-refractivity contribution < 1.29 is 22.4 Å². The van der Waals surface area contributed by atoms with Crippen LogP contribution in [-0.2, 0) is 6.18 Å². The van der Waals surface area contributed by atoms with Crippen molar-refractivity contribution >= 4 is 5.78 Å².